The van der Waals surface area contributed by atoms with Gasteiger partial charge in [-0.1, -0.05) is 6.07 Å². The van der Waals surface area contributed by atoms with E-state index < -0.39 is 0 Å². The molecule has 5 nitrogen and oxygen atoms in total. The van der Waals surface area contributed by atoms with E-state index in [1.165, 1.54) is 5.56 Å². The third kappa shape index (κ3) is 3.79. The zero-order chi connectivity index (χ0) is 16.1. The molecule has 0 aliphatic carbocycles. The molecule has 0 unspecified atom stereocenters. The molecule has 2 aliphatic heterocycles. The van der Waals surface area contributed by atoms with Crippen LogP contribution in [0.15, 0.2) is 18.2 Å². The second-order valence-corrected chi connectivity index (χ2v) is 6.29. The molecule has 0 saturated carbocycles. The van der Waals surface area contributed by atoms with E-state index in [2.05, 4.69) is 16.3 Å². The van der Waals surface area contributed by atoms with Crippen LogP contribution in [-0.4, -0.2) is 58.5 Å². The van der Waals surface area contributed by atoms with Gasteiger partial charge in [-0.25, -0.2) is 0 Å². The predicted octanol–water partition coefficient (Wildman–Crippen LogP) is 2.08. The second kappa shape index (κ2) is 7.99. The van der Waals surface area contributed by atoms with Crippen molar-refractivity contribution < 1.29 is 14.2 Å². The third-order valence-corrected chi connectivity index (χ3v) is 5.02. The van der Waals surface area contributed by atoms with Crippen molar-refractivity contribution >= 4 is 0 Å². The number of nitrogens with one attached hydrogen (secondary N) is 1. The SMILES string of the molecule is COc1ccc([C@H](C2CCOCC2)N2CCNCC2)c(OC)c1. The van der Waals surface area contributed by atoms with E-state index in [0.29, 0.717) is 12.0 Å². The van der Waals surface area contributed by atoms with Gasteiger partial charge in [0.1, 0.15) is 11.5 Å². The van der Waals surface area contributed by atoms with Gasteiger partial charge < -0.3 is 19.5 Å². The Morgan fingerprint density at radius 1 is 1.13 bits per heavy atom. The number of ether oxygens (including phenoxy) is 3. The fourth-order valence-electron chi connectivity index (χ4n) is 3.80. The van der Waals surface area contributed by atoms with Crippen LogP contribution in [0.4, 0.5) is 0 Å². The van der Waals surface area contributed by atoms with Crippen LogP contribution in [0, 0.1) is 5.92 Å². The van der Waals surface area contributed by atoms with E-state index in [-0.39, 0.29) is 0 Å². The number of benzene rings is 1. The van der Waals surface area contributed by atoms with Gasteiger partial charge in [0.05, 0.1) is 14.2 Å². The lowest BCUT2D eigenvalue weighted by Gasteiger charge is -2.41. The first-order valence-corrected chi connectivity index (χ1v) is 8.58. The van der Waals surface area contributed by atoms with Crippen LogP contribution in [0.3, 0.4) is 0 Å². The van der Waals surface area contributed by atoms with Crippen LogP contribution in [-0.2, 0) is 4.74 Å². The first kappa shape index (κ1) is 16.6. The summed E-state index contributed by atoms with van der Waals surface area (Å²) >= 11 is 0. The Kier molecular flexibility index (Phi) is 5.75. The molecule has 1 aromatic rings. The lowest BCUT2D eigenvalue weighted by Crippen LogP contribution is -2.47. The summed E-state index contributed by atoms with van der Waals surface area (Å²) in [6.45, 7) is 6.00. The van der Waals surface area contributed by atoms with Crippen molar-refractivity contribution in [2.24, 2.45) is 5.92 Å². The summed E-state index contributed by atoms with van der Waals surface area (Å²) in [5.74, 6) is 2.39. The van der Waals surface area contributed by atoms with E-state index in [9.17, 15) is 0 Å². The number of hydrogen-bond acceptors (Lipinski definition) is 5. The van der Waals surface area contributed by atoms with Crippen LogP contribution in [0.5, 0.6) is 11.5 Å². The highest BCUT2D eigenvalue weighted by Gasteiger charge is 2.33. The molecule has 23 heavy (non-hydrogen) atoms. The van der Waals surface area contributed by atoms with Gasteiger partial charge in [-0.2, -0.15) is 0 Å². The molecular weight excluding hydrogens is 292 g/mol. The molecule has 128 valence electrons. The van der Waals surface area contributed by atoms with E-state index in [1.54, 1.807) is 14.2 Å². The molecule has 0 radical (unpaired) electrons. The average molecular weight is 320 g/mol. The summed E-state index contributed by atoms with van der Waals surface area (Å²) in [7, 11) is 3.44. The Morgan fingerprint density at radius 3 is 2.52 bits per heavy atom. The molecule has 2 aliphatic rings. The molecule has 1 atom stereocenters. The number of hydrogen-bond donors (Lipinski definition) is 1. The fourth-order valence-corrected chi connectivity index (χ4v) is 3.80. The van der Waals surface area contributed by atoms with Crippen LogP contribution in [0.2, 0.25) is 0 Å². The van der Waals surface area contributed by atoms with Gasteiger partial charge in [-0.3, -0.25) is 4.90 Å². The molecule has 0 aromatic heterocycles. The number of piperazine rings is 1. The Bertz CT molecular complexity index is 479. The first-order valence-electron chi connectivity index (χ1n) is 8.58. The van der Waals surface area contributed by atoms with E-state index >= 15 is 0 Å². The quantitative estimate of drug-likeness (QED) is 0.900. The van der Waals surface area contributed by atoms with Crippen molar-refractivity contribution in [2.45, 2.75) is 18.9 Å². The van der Waals surface area contributed by atoms with Gasteiger partial charge in [-0.15, -0.1) is 0 Å². The molecule has 0 spiro atoms. The summed E-state index contributed by atoms with van der Waals surface area (Å²) in [5, 5.41) is 3.45. The van der Waals surface area contributed by atoms with Crippen LogP contribution < -0.4 is 14.8 Å². The average Bonchev–Trinajstić information content (AvgIpc) is 2.64. The molecule has 0 bridgehead atoms. The van der Waals surface area contributed by atoms with Crippen molar-refractivity contribution in [3.8, 4) is 11.5 Å². The minimum absolute atomic E-state index is 0.391. The summed E-state index contributed by atoms with van der Waals surface area (Å²) in [6.07, 6.45) is 2.23. The Balaban J connectivity index is 1.92. The van der Waals surface area contributed by atoms with Crippen LogP contribution in [0.1, 0.15) is 24.4 Å². The topological polar surface area (TPSA) is 43.0 Å². The maximum Gasteiger partial charge on any atom is 0.127 e. The minimum atomic E-state index is 0.391. The largest absolute Gasteiger partial charge is 0.497 e. The zero-order valence-electron chi connectivity index (χ0n) is 14.2. The molecule has 2 fully saturated rings. The summed E-state index contributed by atoms with van der Waals surface area (Å²) in [5.41, 5.74) is 1.28. The second-order valence-electron chi connectivity index (χ2n) is 6.29. The molecule has 0 amide bonds. The number of methoxy groups -OCH3 is 2. The van der Waals surface area contributed by atoms with E-state index in [4.69, 9.17) is 14.2 Å². The number of nitrogens with zero attached hydrogens (tertiary/aromatic N) is 1. The van der Waals surface area contributed by atoms with Gasteiger partial charge in [0.25, 0.3) is 0 Å². The van der Waals surface area contributed by atoms with Gasteiger partial charge in [0.2, 0.25) is 0 Å². The standard InChI is InChI=1S/C18H28N2O3/c1-21-15-3-4-16(17(13-15)22-2)18(14-5-11-23-12-6-14)20-9-7-19-8-10-20/h3-4,13-14,18-19H,5-12H2,1-2H3/t18-/m0/s1. The van der Waals surface area contributed by atoms with Crippen LogP contribution >= 0.6 is 0 Å². The van der Waals surface area contributed by atoms with Gasteiger partial charge >= 0.3 is 0 Å². The number of rotatable bonds is 5. The normalized spacial score (nSPS) is 21.8. The molecule has 2 saturated heterocycles. The maximum absolute atomic E-state index is 5.70. The molecule has 2 heterocycles. The van der Waals surface area contributed by atoms with Gasteiger partial charge in [-0.05, 0) is 24.8 Å². The Morgan fingerprint density at radius 2 is 1.87 bits per heavy atom. The molecule has 5 heteroatoms. The monoisotopic (exact) mass is 320 g/mol. The molecule has 3 rings (SSSR count). The van der Waals surface area contributed by atoms with Gasteiger partial charge in [0.15, 0.2) is 0 Å². The van der Waals surface area contributed by atoms with Crippen LogP contribution in [0.25, 0.3) is 0 Å². The van der Waals surface area contributed by atoms with Gasteiger partial charge in [0, 0.05) is 57.1 Å². The lowest BCUT2D eigenvalue weighted by molar-refractivity contribution is 0.0206. The highest BCUT2D eigenvalue weighted by Crippen LogP contribution is 2.40. The van der Waals surface area contributed by atoms with E-state index in [0.717, 1.165) is 63.7 Å². The fraction of sp³-hybridized carbons (Fsp3) is 0.667. The molecule has 1 N–H and O–H groups in total. The Labute approximate surface area is 138 Å². The smallest absolute Gasteiger partial charge is 0.127 e. The van der Waals surface area contributed by atoms with Crippen molar-refractivity contribution in [2.75, 3.05) is 53.6 Å². The summed E-state index contributed by atoms with van der Waals surface area (Å²) < 4.78 is 16.6. The highest BCUT2D eigenvalue weighted by molar-refractivity contribution is 5.43. The predicted molar refractivity (Wildman–Crippen MR) is 90.3 cm³/mol. The Hall–Kier alpha value is -1.30. The summed E-state index contributed by atoms with van der Waals surface area (Å²) in [6, 6.07) is 6.62. The van der Waals surface area contributed by atoms with Crippen molar-refractivity contribution in [3.63, 3.8) is 0 Å². The van der Waals surface area contributed by atoms with Crippen molar-refractivity contribution in [1.82, 2.24) is 10.2 Å². The third-order valence-electron chi connectivity index (χ3n) is 5.02. The summed E-state index contributed by atoms with van der Waals surface area (Å²) in [4.78, 5) is 2.61. The van der Waals surface area contributed by atoms with E-state index in [1.807, 2.05) is 12.1 Å². The maximum atomic E-state index is 5.70. The van der Waals surface area contributed by atoms with Crippen molar-refractivity contribution in [3.05, 3.63) is 23.8 Å². The van der Waals surface area contributed by atoms with Crippen molar-refractivity contribution in [1.29, 1.82) is 0 Å². The molecular formula is C18H28N2O3. The highest BCUT2D eigenvalue weighted by atomic mass is 16.5. The minimum Gasteiger partial charge on any atom is -0.497 e. The molecule has 1 aromatic carbocycles. The zero-order valence-corrected chi connectivity index (χ0v) is 14.2. The first-order chi connectivity index (χ1) is 11.3. The lowest BCUT2D eigenvalue weighted by atomic mass is 9.85.